The highest BCUT2D eigenvalue weighted by Gasteiger charge is 2.39. The molecule has 1 fully saturated rings. The number of carbonyl (C=O) groups excluding carboxylic acids is 1. The van der Waals surface area contributed by atoms with Gasteiger partial charge in [-0.15, -0.1) is 11.8 Å². The summed E-state index contributed by atoms with van der Waals surface area (Å²) in [5, 5.41) is 11.7. The summed E-state index contributed by atoms with van der Waals surface area (Å²) in [7, 11) is 0. The number of rotatable bonds is 3. The molecule has 0 aromatic heterocycles. The van der Waals surface area contributed by atoms with Crippen LogP contribution in [0.15, 0.2) is 0 Å². The molecule has 2 unspecified atom stereocenters. The van der Waals surface area contributed by atoms with Gasteiger partial charge in [0.1, 0.15) is 6.04 Å². The van der Waals surface area contributed by atoms with Crippen LogP contribution in [0.4, 0.5) is 4.79 Å². The predicted octanol–water partition coefficient (Wildman–Crippen LogP) is 1.20. The zero-order chi connectivity index (χ0) is 12.3. The normalized spacial score (nSPS) is 24.9. The van der Waals surface area contributed by atoms with E-state index in [0.29, 0.717) is 18.2 Å². The molecular weight excluding hydrogens is 228 g/mol. The zero-order valence-corrected chi connectivity index (χ0v) is 10.6. The first kappa shape index (κ1) is 13.2. The number of hydrogen-bond acceptors (Lipinski definition) is 3. The molecule has 0 aromatic carbocycles. The fourth-order valence-corrected chi connectivity index (χ4v) is 2.69. The van der Waals surface area contributed by atoms with Crippen molar-refractivity contribution in [1.82, 2.24) is 10.2 Å². The first-order valence-corrected chi connectivity index (χ1v) is 6.39. The Morgan fingerprint density at radius 3 is 2.69 bits per heavy atom. The largest absolute Gasteiger partial charge is 0.480 e. The highest BCUT2D eigenvalue weighted by atomic mass is 32.2. The predicted molar refractivity (Wildman–Crippen MR) is 63.4 cm³/mol. The Kier molecular flexibility index (Phi) is 4.46. The van der Waals surface area contributed by atoms with Crippen molar-refractivity contribution in [2.24, 2.45) is 5.92 Å². The van der Waals surface area contributed by atoms with Crippen LogP contribution in [0, 0.1) is 5.92 Å². The minimum Gasteiger partial charge on any atom is -0.480 e. The maximum absolute atomic E-state index is 11.8. The third-order valence-electron chi connectivity index (χ3n) is 2.40. The summed E-state index contributed by atoms with van der Waals surface area (Å²) in [5.74, 6) is -0.111. The summed E-state index contributed by atoms with van der Waals surface area (Å²) in [5.41, 5.74) is 0. The fraction of sp³-hybridized carbons (Fsp3) is 0.800. The summed E-state index contributed by atoms with van der Waals surface area (Å²) < 4.78 is 0. The maximum Gasteiger partial charge on any atom is 0.327 e. The van der Waals surface area contributed by atoms with Gasteiger partial charge in [-0.3, -0.25) is 4.90 Å². The molecule has 5 nitrogen and oxygen atoms in total. The van der Waals surface area contributed by atoms with E-state index >= 15 is 0 Å². The average Bonchev–Trinajstić information content (AvgIpc) is 2.56. The van der Waals surface area contributed by atoms with Gasteiger partial charge in [-0.1, -0.05) is 13.8 Å². The molecule has 1 rings (SSSR count). The van der Waals surface area contributed by atoms with Gasteiger partial charge >= 0.3 is 12.0 Å². The Bertz CT molecular complexity index is 283. The summed E-state index contributed by atoms with van der Waals surface area (Å²) >= 11 is 1.49. The van der Waals surface area contributed by atoms with Gasteiger partial charge in [0, 0.05) is 12.3 Å². The number of carboxylic acid groups (broad SMARTS) is 1. The second-order valence-electron chi connectivity index (χ2n) is 4.27. The van der Waals surface area contributed by atoms with Crippen LogP contribution in [-0.4, -0.2) is 45.7 Å². The zero-order valence-electron chi connectivity index (χ0n) is 9.77. The van der Waals surface area contributed by atoms with Crippen LogP contribution in [0.2, 0.25) is 0 Å². The molecule has 0 aliphatic carbocycles. The molecule has 0 spiro atoms. The lowest BCUT2D eigenvalue weighted by Gasteiger charge is -2.25. The molecule has 92 valence electrons. The van der Waals surface area contributed by atoms with E-state index in [4.69, 9.17) is 5.11 Å². The number of urea groups is 1. The van der Waals surface area contributed by atoms with E-state index in [1.54, 1.807) is 0 Å². The van der Waals surface area contributed by atoms with E-state index in [9.17, 15) is 9.59 Å². The Balaban J connectivity index is 2.61. The first-order chi connectivity index (χ1) is 7.43. The Morgan fingerprint density at radius 1 is 1.56 bits per heavy atom. The van der Waals surface area contributed by atoms with E-state index in [1.165, 1.54) is 16.7 Å². The van der Waals surface area contributed by atoms with Crippen LogP contribution in [-0.2, 0) is 4.79 Å². The van der Waals surface area contributed by atoms with Crippen molar-refractivity contribution in [1.29, 1.82) is 0 Å². The minimum atomic E-state index is -0.934. The summed E-state index contributed by atoms with van der Waals surface area (Å²) in [6.45, 7) is 6.41. The Hall–Kier alpha value is -0.910. The van der Waals surface area contributed by atoms with E-state index in [0.717, 1.165) is 0 Å². The molecule has 1 aliphatic rings. The van der Waals surface area contributed by atoms with Gasteiger partial charge in [0.05, 0.1) is 5.37 Å². The van der Waals surface area contributed by atoms with Crippen LogP contribution >= 0.6 is 11.8 Å². The number of nitrogens with one attached hydrogen (secondary N) is 1. The quantitative estimate of drug-likeness (QED) is 0.785. The van der Waals surface area contributed by atoms with E-state index in [-0.39, 0.29) is 11.4 Å². The molecule has 0 radical (unpaired) electrons. The smallest absolute Gasteiger partial charge is 0.327 e. The highest BCUT2D eigenvalue weighted by molar-refractivity contribution is 8.00. The molecule has 0 saturated carbocycles. The van der Waals surface area contributed by atoms with Gasteiger partial charge in [0.25, 0.3) is 0 Å². The molecule has 0 bridgehead atoms. The molecule has 2 N–H and O–H groups in total. The van der Waals surface area contributed by atoms with E-state index in [1.807, 2.05) is 20.8 Å². The third kappa shape index (κ3) is 3.04. The van der Waals surface area contributed by atoms with Crippen LogP contribution in [0.5, 0.6) is 0 Å². The second kappa shape index (κ2) is 5.43. The van der Waals surface area contributed by atoms with Gasteiger partial charge in [0.15, 0.2) is 0 Å². The summed E-state index contributed by atoms with van der Waals surface area (Å²) in [4.78, 5) is 24.2. The minimum absolute atomic E-state index is 0.0757. The second-order valence-corrected chi connectivity index (χ2v) is 5.62. The molecule has 16 heavy (non-hydrogen) atoms. The summed E-state index contributed by atoms with van der Waals surface area (Å²) in [6.07, 6.45) is 0. The van der Waals surface area contributed by atoms with Crippen LogP contribution in [0.3, 0.4) is 0 Å². The van der Waals surface area contributed by atoms with Crippen molar-refractivity contribution in [2.45, 2.75) is 32.2 Å². The van der Waals surface area contributed by atoms with Crippen molar-refractivity contribution in [3.8, 4) is 0 Å². The number of thioether (sulfide) groups is 1. The number of amides is 2. The lowest BCUT2D eigenvalue weighted by atomic mass is 10.2. The standard InChI is InChI=1S/C10H18N2O3S/c1-6(2)4-11-10(15)12-7(3)16-5-8(12)9(13)14/h6-8H,4-5H2,1-3H3,(H,11,15)(H,13,14). The van der Waals surface area contributed by atoms with Gasteiger partial charge in [-0.05, 0) is 12.8 Å². The van der Waals surface area contributed by atoms with Crippen molar-refractivity contribution in [2.75, 3.05) is 12.3 Å². The molecule has 2 amide bonds. The Labute approximate surface area is 99.6 Å². The molecule has 0 aromatic rings. The molecule has 1 aliphatic heterocycles. The average molecular weight is 246 g/mol. The van der Waals surface area contributed by atoms with Gasteiger partial charge in [-0.2, -0.15) is 0 Å². The van der Waals surface area contributed by atoms with E-state index < -0.39 is 12.0 Å². The first-order valence-electron chi connectivity index (χ1n) is 5.34. The highest BCUT2D eigenvalue weighted by Crippen LogP contribution is 2.28. The van der Waals surface area contributed by atoms with Crippen molar-refractivity contribution >= 4 is 23.8 Å². The number of nitrogens with zero attached hydrogens (tertiary/aromatic N) is 1. The number of aliphatic carboxylic acids is 1. The molecule has 1 heterocycles. The van der Waals surface area contributed by atoms with Gasteiger partial charge in [0.2, 0.25) is 0 Å². The monoisotopic (exact) mass is 246 g/mol. The summed E-state index contributed by atoms with van der Waals surface area (Å²) in [6, 6.07) is -0.981. The van der Waals surface area contributed by atoms with Crippen molar-refractivity contribution in [3.05, 3.63) is 0 Å². The maximum atomic E-state index is 11.8. The van der Waals surface area contributed by atoms with Gasteiger partial charge < -0.3 is 10.4 Å². The molecule has 6 heteroatoms. The number of carboxylic acids is 1. The topological polar surface area (TPSA) is 69.6 Å². The molecule has 2 atom stereocenters. The van der Waals surface area contributed by atoms with Gasteiger partial charge in [-0.25, -0.2) is 9.59 Å². The van der Waals surface area contributed by atoms with Crippen LogP contribution < -0.4 is 5.32 Å². The van der Waals surface area contributed by atoms with Crippen molar-refractivity contribution < 1.29 is 14.7 Å². The molecular formula is C10H18N2O3S. The number of hydrogen-bond donors (Lipinski definition) is 2. The van der Waals surface area contributed by atoms with E-state index in [2.05, 4.69) is 5.32 Å². The van der Waals surface area contributed by atoms with Crippen LogP contribution in [0.25, 0.3) is 0 Å². The SMILES string of the molecule is CC(C)CNC(=O)N1C(C)SCC1C(=O)O. The van der Waals surface area contributed by atoms with Crippen LogP contribution in [0.1, 0.15) is 20.8 Å². The third-order valence-corrected chi connectivity index (χ3v) is 3.62. The van der Waals surface area contributed by atoms with Crippen molar-refractivity contribution in [3.63, 3.8) is 0 Å². The molecule has 1 saturated heterocycles. The fourth-order valence-electron chi connectivity index (χ4n) is 1.52. The number of carbonyl (C=O) groups is 2. The lowest BCUT2D eigenvalue weighted by molar-refractivity contribution is -0.141. The lowest BCUT2D eigenvalue weighted by Crippen LogP contribution is -2.50. The Morgan fingerprint density at radius 2 is 2.19 bits per heavy atom.